The molecule has 0 aliphatic heterocycles. The molecular formula is C17H28ClNO2. The Labute approximate surface area is 134 Å². The van der Waals surface area contributed by atoms with Gasteiger partial charge < -0.3 is 14.8 Å². The standard InChI is InChI=1S/C17H28ClNO2/c1-6-11-19-12-17(2,3)10-9-13-7-8-14(20-4)15(18)16(13)21-5/h7-8,19H,6,9-12H2,1-5H3. The first-order chi connectivity index (χ1) is 9.95. The summed E-state index contributed by atoms with van der Waals surface area (Å²) in [6.45, 7) is 8.85. The smallest absolute Gasteiger partial charge is 0.144 e. The fourth-order valence-electron chi connectivity index (χ4n) is 2.32. The molecule has 0 aliphatic carbocycles. The predicted octanol–water partition coefficient (Wildman–Crippen LogP) is 4.32. The third-order valence-electron chi connectivity index (χ3n) is 3.67. The van der Waals surface area contributed by atoms with Crippen LogP contribution in [0.3, 0.4) is 0 Å². The van der Waals surface area contributed by atoms with Crippen molar-refractivity contribution in [3.05, 3.63) is 22.7 Å². The topological polar surface area (TPSA) is 30.5 Å². The van der Waals surface area contributed by atoms with Crippen LogP contribution in [0.15, 0.2) is 12.1 Å². The highest BCUT2D eigenvalue weighted by Gasteiger charge is 2.19. The number of hydrogen-bond acceptors (Lipinski definition) is 3. The summed E-state index contributed by atoms with van der Waals surface area (Å²) in [5.41, 5.74) is 1.37. The Morgan fingerprint density at radius 1 is 1.19 bits per heavy atom. The van der Waals surface area contributed by atoms with Crippen molar-refractivity contribution < 1.29 is 9.47 Å². The minimum atomic E-state index is 0.243. The van der Waals surface area contributed by atoms with E-state index in [1.165, 1.54) is 0 Å². The first-order valence-corrected chi connectivity index (χ1v) is 7.93. The molecular weight excluding hydrogens is 286 g/mol. The van der Waals surface area contributed by atoms with Crippen LogP contribution in [0.5, 0.6) is 11.5 Å². The van der Waals surface area contributed by atoms with E-state index in [9.17, 15) is 0 Å². The van der Waals surface area contributed by atoms with Gasteiger partial charge >= 0.3 is 0 Å². The lowest BCUT2D eigenvalue weighted by Gasteiger charge is -2.25. The fourth-order valence-corrected chi connectivity index (χ4v) is 2.66. The lowest BCUT2D eigenvalue weighted by atomic mass is 9.86. The van der Waals surface area contributed by atoms with Crippen molar-refractivity contribution in [3.8, 4) is 11.5 Å². The molecule has 0 unspecified atom stereocenters. The van der Waals surface area contributed by atoms with E-state index in [-0.39, 0.29) is 5.41 Å². The number of halogens is 1. The third-order valence-corrected chi connectivity index (χ3v) is 4.03. The van der Waals surface area contributed by atoms with Gasteiger partial charge in [-0.3, -0.25) is 0 Å². The van der Waals surface area contributed by atoms with E-state index >= 15 is 0 Å². The maximum atomic E-state index is 6.30. The molecule has 0 atom stereocenters. The molecule has 0 heterocycles. The van der Waals surface area contributed by atoms with Gasteiger partial charge in [-0.15, -0.1) is 0 Å². The first kappa shape index (κ1) is 18.1. The zero-order chi connectivity index (χ0) is 15.9. The van der Waals surface area contributed by atoms with E-state index in [4.69, 9.17) is 21.1 Å². The fraction of sp³-hybridized carbons (Fsp3) is 0.647. The van der Waals surface area contributed by atoms with E-state index in [2.05, 4.69) is 26.1 Å². The molecule has 0 fully saturated rings. The quantitative estimate of drug-likeness (QED) is 0.689. The Morgan fingerprint density at radius 2 is 1.90 bits per heavy atom. The number of methoxy groups -OCH3 is 2. The second-order valence-corrected chi connectivity index (χ2v) is 6.49. The van der Waals surface area contributed by atoms with Gasteiger partial charge in [0, 0.05) is 6.54 Å². The number of ether oxygens (including phenoxy) is 2. The molecule has 3 nitrogen and oxygen atoms in total. The van der Waals surface area contributed by atoms with Crippen LogP contribution in [0.2, 0.25) is 5.02 Å². The highest BCUT2D eigenvalue weighted by Crippen LogP contribution is 2.38. The van der Waals surface area contributed by atoms with Crippen LogP contribution in [-0.2, 0) is 6.42 Å². The normalized spacial score (nSPS) is 11.5. The van der Waals surface area contributed by atoms with Gasteiger partial charge in [0.15, 0.2) is 0 Å². The Kier molecular flexibility index (Phi) is 7.33. The van der Waals surface area contributed by atoms with Gasteiger partial charge in [0.05, 0.1) is 14.2 Å². The van der Waals surface area contributed by atoms with Gasteiger partial charge in [-0.25, -0.2) is 0 Å². The van der Waals surface area contributed by atoms with Crippen molar-refractivity contribution in [1.29, 1.82) is 0 Å². The minimum Gasteiger partial charge on any atom is -0.495 e. The van der Waals surface area contributed by atoms with E-state index in [1.807, 2.05) is 12.1 Å². The number of aryl methyl sites for hydroxylation is 1. The molecule has 0 bridgehead atoms. The average Bonchev–Trinajstić information content (AvgIpc) is 2.45. The summed E-state index contributed by atoms with van der Waals surface area (Å²) in [4.78, 5) is 0. The van der Waals surface area contributed by atoms with Crippen LogP contribution in [0.1, 0.15) is 39.2 Å². The van der Waals surface area contributed by atoms with Crippen molar-refractivity contribution in [2.24, 2.45) is 5.41 Å². The largest absolute Gasteiger partial charge is 0.495 e. The van der Waals surface area contributed by atoms with E-state index in [0.717, 1.165) is 43.7 Å². The van der Waals surface area contributed by atoms with Crippen LogP contribution < -0.4 is 14.8 Å². The average molecular weight is 314 g/mol. The molecule has 1 aromatic carbocycles. The van der Waals surface area contributed by atoms with Crippen LogP contribution >= 0.6 is 11.6 Å². The zero-order valence-electron chi connectivity index (χ0n) is 13.9. The molecule has 0 saturated heterocycles. The second-order valence-electron chi connectivity index (χ2n) is 6.12. The van der Waals surface area contributed by atoms with Crippen molar-refractivity contribution in [1.82, 2.24) is 5.32 Å². The number of nitrogens with one attached hydrogen (secondary N) is 1. The summed E-state index contributed by atoms with van der Waals surface area (Å²) >= 11 is 6.30. The van der Waals surface area contributed by atoms with Crippen LogP contribution in [0, 0.1) is 5.41 Å². The summed E-state index contributed by atoms with van der Waals surface area (Å²) in [6.07, 6.45) is 3.18. The minimum absolute atomic E-state index is 0.243. The summed E-state index contributed by atoms with van der Waals surface area (Å²) < 4.78 is 10.7. The third kappa shape index (κ3) is 5.40. The SMILES string of the molecule is CCCNCC(C)(C)CCc1ccc(OC)c(Cl)c1OC. The van der Waals surface area contributed by atoms with Gasteiger partial charge in [0.2, 0.25) is 0 Å². The molecule has 0 saturated carbocycles. The maximum Gasteiger partial charge on any atom is 0.144 e. The first-order valence-electron chi connectivity index (χ1n) is 7.55. The zero-order valence-corrected chi connectivity index (χ0v) is 14.6. The molecule has 1 aromatic rings. The molecule has 0 aromatic heterocycles. The van der Waals surface area contributed by atoms with Crippen molar-refractivity contribution in [3.63, 3.8) is 0 Å². The molecule has 120 valence electrons. The highest BCUT2D eigenvalue weighted by molar-refractivity contribution is 6.33. The van der Waals surface area contributed by atoms with Gasteiger partial charge in [0.1, 0.15) is 16.5 Å². The maximum absolute atomic E-state index is 6.30. The Morgan fingerprint density at radius 3 is 2.48 bits per heavy atom. The monoisotopic (exact) mass is 313 g/mol. The molecule has 0 spiro atoms. The molecule has 1 N–H and O–H groups in total. The Hall–Kier alpha value is -0.930. The summed E-state index contributed by atoms with van der Waals surface area (Å²) in [7, 11) is 3.26. The van der Waals surface area contributed by atoms with Crippen molar-refractivity contribution in [2.45, 2.75) is 40.0 Å². The van der Waals surface area contributed by atoms with Crippen LogP contribution in [0.25, 0.3) is 0 Å². The molecule has 0 amide bonds. The van der Waals surface area contributed by atoms with Crippen molar-refractivity contribution >= 4 is 11.6 Å². The lowest BCUT2D eigenvalue weighted by molar-refractivity contribution is 0.312. The number of hydrogen-bond donors (Lipinski definition) is 1. The van der Waals surface area contributed by atoms with Crippen LogP contribution in [0.4, 0.5) is 0 Å². The summed E-state index contributed by atoms with van der Waals surface area (Å²) in [6, 6.07) is 3.95. The molecule has 21 heavy (non-hydrogen) atoms. The molecule has 1 rings (SSSR count). The van der Waals surface area contributed by atoms with E-state index in [0.29, 0.717) is 10.8 Å². The second kappa shape index (κ2) is 8.50. The molecule has 0 aliphatic rings. The Bertz CT molecular complexity index is 447. The van der Waals surface area contributed by atoms with Crippen LogP contribution in [-0.4, -0.2) is 27.3 Å². The number of benzene rings is 1. The van der Waals surface area contributed by atoms with Gasteiger partial charge in [0.25, 0.3) is 0 Å². The van der Waals surface area contributed by atoms with Crippen molar-refractivity contribution in [2.75, 3.05) is 27.3 Å². The van der Waals surface area contributed by atoms with Gasteiger partial charge in [-0.05, 0) is 42.9 Å². The lowest BCUT2D eigenvalue weighted by Crippen LogP contribution is -2.30. The van der Waals surface area contributed by atoms with E-state index < -0.39 is 0 Å². The Balaban J connectivity index is 2.72. The van der Waals surface area contributed by atoms with Gasteiger partial charge in [-0.1, -0.05) is 38.4 Å². The molecule has 0 radical (unpaired) electrons. The predicted molar refractivity (Wildman–Crippen MR) is 89.8 cm³/mol. The molecule has 4 heteroatoms. The summed E-state index contributed by atoms with van der Waals surface area (Å²) in [5, 5.41) is 4.05. The highest BCUT2D eigenvalue weighted by atomic mass is 35.5. The van der Waals surface area contributed by atoms with E-state index in [1.54, 1.807) is 14.2 Å². The number of rotatable bonds is 9. The summed E-state index contributed by atoms with van der Waals surface area (Å²) in [5.74, 6) is 1.38. The van der Waals surface area contributed by atoms with Gasteiger partial charge in [-0.2, -0.15) is 0 Å².